The Labute approximate surface area is 99.1 Å². The normalized spacial score (nSPS) is 22.8. The molecule has 0 fully saturated rings. The number of aliphatic imine (C=N–C) groups is 1. The van der Waals surface area contributed by atoms with Gasteiger partial charge in [-0.25, -0.2) is 4.99 Å². The maximum Gasteiger partial charge on any atom is 0.248 e. The van der Waals surface area contributed by atoms with Crippen LogP contribution in [0.5, 0.6) is 5.75 Å². The minimum atomic E-state index is -0.561. The molecule has 0 aromatic heterocycles. The molecule has 5 heteroatoms. The van der Waals surface area contributed by atoms with E-state index in [1.165, 1.54) is 0 Å². The van der Waals surface area contributed by atoms with Crippen molar-refractivity contribution in [3.05, 3.63) is 29.8 Å². The van der Waals surface area contributed by atoms with E-state index < -0.39 is 6.04 Å². The number of carbonyl (C=O) groups is 1. The Bertz CT molecular complexity index is 471. The maximum absolute atomic E-state index is 11.5. The number of benzene rings is 1. The van der Waals surface area contributed by atoms with Crippen LogP contribution < -0.4 is 5.32 Å². The summed E-state index contributed by atoms with van der Waals surface area (Å²) in [6.45, 7) is 1.77. The Hall–Kier alpha value is -2.04. The van der Waals surface area contributed by atoms with E-state index in [0.29, 0.717) is 11.5 Å². The number of nitrogens with one attached hydrogen (secondary N) is 1. The third kappa shape index (κ3) is 2.08. The predicted molar refractivity (Wildman–Crippen MR) is 63.0 cm³/mol. The second-order valence-corrected chi connectivity index (χ2v) is 3.83. The summed E-state index contributed by atoms with van der Waals surface area (Å²) in [4.78, 5) is 15.7. The highest BCUT2D eigenvalue weighted by Gasteiger charge is 2.33. The maximum atomic E-state index is 11.5. The van der Waals surface area contributed by atoms with E-state index in [1.807, 2.05) is 0 Å². The van der Waals surface area contributed by atoms with Crippen LogP contribution in [0.25, 0.3) is 0 Å². The number of hydrogen-bond donors (Lipinski definition) is 2. The van der Waals surface area contributed by atoms with Crippen LogP contribution in [0, 0.1) is 0 Å². The van der Waals surface area contributed by atoms with Crippen LogP contribution in [-0.2, 0) is 9.53 Å². The number of phenols is 1. The number of rotatable bonds is 2. The van der Waals surface area contributed by atoms with Crippen LogP contribution in [0.1, 0.15) is 12.5 Å². The standard InChI is InChI=1S/C12H14N2O3/c1-7-10(11(16)13-2)14-12(17-7)8-5-3-4-6-9(8)15/h3-7,10,15H,1-2H3,(H,13,16)/t7-,10-/m0/s1. The van der Waals surface area contributed by atoms with Crippen LogP contribution in [-0.4, -0.2) is 36.1 Å². The first-order chi connectivity index (χ1) is 8.13. The second kappa shape index (κ2) is 4.45. The van der Waals surface area contributed by atoms with Crippen molar-refractivity contribution >= 4 is 11.8 Å². The molecule has 2 N–H and O–H groups in total. The van der Waals surface area contributed by atoms with Crippen molar-refractivity contribution in [1.82, 2.24) is 5.32 Å². The highest BCUT2D eigenvalue weighted by molar-refractivity contribution is 6.00. The number of hydrogen-bond acceptors (Lipinski definition) is 4. The number of para-hydroxylation sites is 1. The monoisotopic (exact) mass is 234 g/mol. The molecule has 0 spiro atoms. The van der Waals surface area contributed by atoms with E-state index in [1.54, 1.807) is 38.2 Å². The summed E-state index contributed by atoms with van der Waals surface area (Å²) in [6, 6.07) is 6.19. The molecule has 1 aliphatic rings. The first kappa shape index (κ1) is 11.4. The van der Waals surface area contributed by atoms with Crippen LogP contribution in [0.4, 0.5) is 0 Å². The Morgan fingerprint density at radius 3 is 2.82 bits per heavy atom. The van der Waals surface area contributed by atoms with Crippen molar-refractivity contribution in [1.29, 1.82) is 0 Å². The Morgan fingerprint density at radius 2 is 2.18 bits per heavy atom. The van der Waals surface area contributed by atoms with Crippen molar-refractivity contribution in [2.45, 2.75) is 19.1 Å². The van der Waals surface area contributed by atoms with E-state index in [9.17, 15) is 9.90 Å². The fourth-order valence-electron chi connectivity index (χ4n) is 1.71. The van der Waals surface area contributed by atoms with E-state index in [2.05, 4.69) is 10.3 Å². The van der Waals surface area contributed by atoms with E-state index >= 15 is 0 Å². The lowest BCUT2D eigenvalue weighted by molar-refractivity contribution is -0.122. The molecular weight excluding hydrogens is 220 g/mol. The number of likely N-dealkylation sites (N-methyl/N-ethyl adjacent to an activating group) is 1. The predicted octanol–water partition coefficient (Wildman–Crippen LogP) is 0.672. The first-order valence-corrected chi connectivity index (χ1v) is 5.38. The third-order valence-corrected chi connectivity index (χ3v) is 2.65. The number of aromatic hydroxyl groups is 1. The number of amides is 1. The zero-order chi connectivity index (χ0) is 12.4. The van der Waals surface area contributed by atoms with Crippen LogP contribution in [0.2, 0.25) is 0 Å². The molecule has 0 bridgehead atoms. The Kier molecular flexibility index (Phi) is 2.99. The zero-order valence-corrected chi connectivity index (χ0v) is 9.68. The molecule has 0 saturated heterocycles. The summed E-state index contributed by atoms with van der Waals surface area (Å²) in [5, 5.41) is 12.2. The molecule has 5 nitrogen and oxygen atoms in total. The van der Waals surface area contributed by atoms with Crippen molar-refractivity contribution in [2.75, 3.05) is 7.05 Å². The smallest absolute Gasteiger partial charge is 0.248 e. The van der Waals surface area contributed by atoms with Gasteiger partial charge in [0.2, 0.25) is 11.8 Å². The summed E-state index contributed by atoms with van der Waals surface area (Å²) in [7, 11) is 1.56. The molecular formula is C12H14N2O3. The minimum absolute atomic E-state index is 0.0935. The van der Waals surface area contributed by atoms with Gasteiger partial charge in [-0.1, -0.05) is 12.1 Å². The van der Waals surface area contributed by atoms with Crippen molar-refractivity contribution < 1.29 is 14.6 Å². The van der Waals surface area contributed by atoms with Crippen molar-refractivity contribution in [3.63, 3.8) is 0 Å². The van der Waals surface area contributed by atoms with Gasteiger partial charge in [-0.05, 0) is 19.1 Å². The minimum Gasteiger partial charge on any atom is -0.507 e. The zero-order valence-electron chi connectivity index (χ0n) is 9.68. The molecule has 2 atom stereocenters. The molecule has 0 unspecified atom stereocenters. The quantitative estimate of drug-likeness (QED) is 0.790. The molecule has 0 saturated carbocycles. The molecule has 1 aromatic carbocycles. The van der Waals surface area contributed by atoms with Gasteiger partial charge in [0.15, 0.2) is 6.04 Å². The second-order valence-electron chi connectivity index (χ2n) is 3.83. The van der Waals surface area contributed by atoms with Gasteiger partial charge in [0.1, 0.15) is 11.9 Å². The fourth-order valence-corrected chi connectivity index (χ4v) is 1.71. The summed E-state index contributed by atoms with van der Waals surface area (Å²) in [5.74, 6) is 0.211. The number of ether oxygens (including phenoxy) is 1. The number of phenolic OH excluding ortho intramolecular Hbond substituents is 1. The lowest BCUT2D eigenvalue weighted by atomic mass is 10.2. The number of carbonyl (C=O) groups excluding carboxylic acids is 1. The summed E-state index contributed by atoms with van der Waals surface area (Å²) in [5.41, 5.74) is 0.505. The van der Waals surface area contributed by atoms with Gasteiger partial charge >= 0.3 is 0 Å². The van der Waals surface area contributed by atoms with E-state index in [4.69, 9.17) is 4.74 Å². The van der Waals surface area contributed by atoms with Gasteiger partial charge in [-0.2, -0.15) is 0 Å². The largest absolute Gasteiger partial charge is 0.507 e. The van der Waals surface area contributed by atoms with Gasteiger partial charge in [-0.3, -0.25) is 4.79 Å². The van der Waals surface area contributed by atoms with Gasteiger partial charge < -0.3 is 15.2 Å². The lowest BCUT2D eigenvalue weighted by Gasteiger charge is -2.10. The topological polar surface area (TPSA) is 70.9 Å². The number of nitrogens with zero attached hydrogens (tertiary/aromatic N) is 1. The van der Waals surface area contributed by atoms with Gasteiger partial charge in [-0.15, -0.1) is 0 Å². The SMILES string of the molecule is CNC(=O)[C@H]1N=C(c2ccccc2O)O[C@H]1C. The molecule has 17 heavy (non-hydrogen) atoms. The van der Waals surface area contributed by atoms with Crippen molar-refractivity contribution in [2.24, 2.45) is 4.99 Å². The van der Waals surface area contributed by atoms with Crippen molar-refractivity contribution in [3.8, 4) is 5.75 Å². The van der Waals surface area contributed by atoms with Gasteiger partial charge in [0.25, 0.3) is 0 Å². The Morgan fingerprint density at radius 1 is 1.47 bits per heavy atom. The molecule has 0 aliphatic carbocycles. The highest BCUT2D eigenvalue weighted by Crippen LogP contribution is 2.23. The molecule has 0 radical (unpaired) electrons. The summed E-state index contributed by atoms with van der Waals surface area (Å²) < 4.78 is 5.49. The Balaban J connectivity index is 2.30. The average molecular weight is 234 g/mol. The van der Waals surface area contributed by atoms with Crippen LogP contribution in [0.15, 0.2) is 29.3 Å². The molecule has 1 aliphatic heterocycles. The first-order valence-electron chi connectivity index (χ1n) is 5.38. The van der Waals surface area contributed by atoms with Gasteiger partial charge in [0, 0.05) is 7.05 Å². The summed E-state index contributed by atoms with van der Waals surface area (Å²) >= 11 is 0. The fraction of sp³-hybridized carbons (Fsp3) is 0.333. The van der Waals surface area contributed by atoms with Crippen LogP contribution >= 0.6 is 0 Å². The molecule has 2 rings (SSSR count). The van der Waals surface area contributed by atoms with E-state index in [0.717, 1.165) is 0 Å². The van der Waals surface area contributed by atoms with Crippen LogP contribution in [0.3, 0.4) is 0 Å². The third-order valence-electron chi connectivity index (χ3n) is 2.65. The molecule has 1 heterocycles. The molecule has 1 aromatic rings. The molecule has 1 amide bonds. The average Bonchev–Trinajstić information content (AvgIpc) is 2.71. The van der Waals surface area contributed by atoms with E-state index in [-0.39, 0.29) is 17.8 Å². The lowest BCUT2D eigenvalue weighted by Crippen LogP contribution is -2.36. The molecule has 90 valence electrons. The van der Waals surface area contributed by atoms with Gasteiger partial charge in [0.05, 0.1) is 5.56 Å². The summed E-state index contributed by atoms with van der Waals surface area (Å²) in [6.07, 6.45) is -0.329. The highest BCUT2D eigenvalue weighted by atomic mass is 16.5.